The Balaban J connectivity index is 2.54. The summed E-state index contributed by atoms with van der Waals surface area (Å²) in [5.41, 5.74) is -1.71. The fraction of sp³-hybridized carbons (Fsp3) is 0.400. The lowest BCUT2D eigenvalue weighted by molar-refractivity contribution is -0.232. The van der Waals surface area contributed by atoms with Gasteiger partial charge in [0.2, 0.25) is 5.79 Å². The summed E-state index contributed by atoms with van der Waals surface area (Å²) >= 11 is 0. The molecular weight excluding hydrogens is 276 g/mol. The molecule has 0 aliphatic carbocycles. The molecule has 2 aromatic rings. The van der Waals surface area contributed by atoms with Crippen LogP contribution in [0.25, 0.3) is 11.0 Å². The van der Waals surface area contributed by atoms with Crippen molar-refractivity contribution in [2.75, 3.05) is 7.11 Å². The minimum absolute atomic E-state index is 0.159. The van der Waals surface area contributed by atoms with Gasteiger partial charge in [0, 0.05) is 24.4 Å². The van der Waals surface area contributed by atoms with Gasteiger partial charge < -0.3 is 24.1 Å². The molecule has 0 saturated heterocycles. The van der Waals surface area contributed by atoms with Crippen molar-refractivity contribution in [2.24, 2.45) is 0 Å². The number of ether oxygens (including phenoxy) is 2. The van der Waals surface area contributed by atoms with Crippen LogP contribution in [0.1, 0.15) is 20.8 Å². The van der Waals surface area contributed by atoms with E-state index in [1.165, 1.54) is 40.0 Å². The molecule has 1 aromatic heterocycles. The fourth-order valence-corrected chi connectivity index (χ4v) is 1.65. The Morgan fingerprint density at radius 3 is 2.33 bits per heavy atom. The first-order valence-electron chi connectivity index (χ1n) is 6.40. The van der Waals surface area contributed by atoms with E-state index in [-0.39, 0.29) is 5.75 Å². The van der Waals surface area contributed by atoms with Crippen LogP contribution in [0.4, 0.5) is 0 Å². The van der Waals surface area contributed by atoms with Crippen LogP contribution in [-0.4, -0.2) is 28.7 Å². The summed E-state index contributed by atoms with van der Waals surface area (Å²) < 4.78 is 15.7. The molecule has 0 spiro atoms. The average molecular weight is 294 g/mol. The van der Waals surface area contributed by atoms with Gasteiger partial charge in [-0.05, 0) is 26.0 Å². The molecule has 0 unspecified atom stereocenters. The molecule has 0 saturated carbocycles. The van der Waals surface area contributed by atoms with Crippen molar-refractivity contribution in [3.8, 4) is 11.5 Å². The molecule has 0 fully saturated rings. The number of hydrogen-bond donors (Lipinski definition) is 2. The van der Waals surface area contributed by atoms with E-state index in [2.05, 4.69) is 0 Å². The summed E-state index contributed by atoms with van der Waals surface area (Å²) in [4.78, 5) is 11.3. The topological polar surface area (TPSA) is 89.1 Å². The monoisotopic (exact) mass is 294 g/mol. The minimum Gasteiger partial charge on any atom is -0.493 e. The first-order valence-corrected chi connectivity index (χ1v) is 6.40. The van der Waals surface area contributed by atoms with Gasteiger partial charge in [-0.2, -0.15) is 0 Å². The van der Waals surface area contributed by atoms with Gasteiger partial charge in [0.25, 0.3) is 0 Å². The van der Waals surface area contributed by atoms with E-state index in [4.69, 9.17) is 13.9 Å². The lowest BCUT2D eigenvalue weighted by Crippen LogP contribution is -2.52. The Morgan fingerprint density at radius 2 is 1.76 bits per heavy atom. The Labute approximate surface area is 121 Å². The van der Waals surface area contributed by atoms with Gasteiger partial charge in [0.05, 0.1) is 7.11 Å². The number of benzene rings is 1. The van der Waals surface area contributed by atoms with Crippen molar-refractivity contribution >= 4 is 11.0 Å². The summed E-state index contributed by atoms with van der Waals surface area (Å²) in [5, 5.41) is 20.8. The molecule has 6 nitrogen and oxygen atoms in total. The van der Waals surface area contributed by atoms with E-state index < -0.39 is 17.0 Å². The molecule has 6 heteroatoms. The van der Waals surface area contributed by atoms with Crippen LogP contribution in [0.2, 0.25) is 0 Å². The van der Waals surface area contributed by atoms with Crippen LogP contribution in [0, 0.1) is 0 Å². The second-order valence-corrected chi connectivity index (χ2v) is 5.44. The predicted molar refractivity (Wildman–Crippen MR) is 76.6 cm³/mol. The highest BCUT2D eigenvalue weighted by atomic mass is 16.6. The summed E-state index contributed by atoms with van der Waals surface area (Å²) in [6.45, 7) is 4.17. The lowest BCUT2D eigenvalue weighted by Gasteiger charge is -2.35. The second kappa shape index (κ2) is 5.05. The van der Waals surface area contributed by atoms with Crippen molar-refractivity contribution in [1.29, 1.82) is 0 Å². The normalized spacial score (nSPS) is 14.8. The van der Waals surface area contributed by atoms with Crippen molar-refractivity contribution in [3.63, 3.8) is 0 Å². The van der Waals surface area contributed by atoms with E-state index in [1.807, 2.05) is 0 Å². The molecule has 114 valence electrons. The van der Waals surface area contributed by atoms with Gasteiger partial charge >= 0.3 is 5.63 Å². The molecular formula is C15H18O6. The molecule has 1 heterocycles. The van der Waals surface area contributed by atoms with Gasteiger partial charge in [-0.3, -0.25) is 0 Å². The molecule has 2 N–H and O–H groups in total. The maximum Gasteiger partial charge on any atom is 0.336 e. The standard InChI is InChI=1S/C15H18O6/c1-14(2,17)15(3,18)21-12-8-10-9(7-11(12)19-4)5-6-13(16)20-10/h5-8,17-18H,1-4H3/t15-/m1/s1. The number of methoxy groups -OCH3 is 1. The molecule has 0 aliphatic rings. The molecule has 1 atom stereocenters. The van der Waals surface area contributed by atoms with E-state index in [0.29, 0.717) is 16.7 Å². The molecule has 2 rings (SSSR count). The van der Waals surface area contributed by atoms with Crippen LogP contribution in [-0.2, 0) is 0 Å². The number of fused-ring (bicyclic) bond motifs is 1. The smallest absolute Gasteiger partial charge is 0.336 e. The van der Waals surface area contributed by atoms with Crippen molar-refractivity contribution < 1.29 is 24.1 Å². The van der Waals surface area contributed by atoms with Crippen molar-refractivity contribution in [1.82, 2.24) is 0 Å². The maximum absolute atomic E-state index is 11.3. The third kappa shape index (κ3) is 3.01. The predicted octanol–water partition coefficient (Wildman–Crippen LogP) is 1.66. The third-order valence-electron chi connectivity index (χ3n) is 3.35. The van der Waals surface area contributed by atoms with Crippen LogP contribution in [0.15, 0.2) is 33.5 Å². The average Bonchev–Trinajstić information content (AvgIpc) is 2.36. The molecule has 0 bridgehead atoms. The van der Waals surface area contributed by atoms with Crippen LogP contribution >= 0.6 is 0 Å². The highest BCUT2D eigenvalue weighted by Crippen LogP contribution is 2.36. The molecule has 1 aromatic carbocycles. The lowest BCUT2D eigenvalue weighted by atomic mass is 9.99. The van der Waals surface area contributed by atoms with Crippen molar-refractivity contribution in [2.45, 2.75) is 32.2 Å². The Morgan fingerprint density at radius 1 is 1.10 bits per heavy atom. The Kier molecular flexibility index (Phi) is 3.69. The van der Waals surface area contributed by atoms with Gasteiger partial charge in [0.15, 0.2) is 11.5 Å². The summed E-state index contributed by atoms with van der Waals surface area (Å²) in [5.74, 6) is -1.35. The van der Waals surface area contributed by atoms with Crippen LogP contribution in [0.3, 0.4) is 0 Å². The summed E-state index contributed by atoms with van der Waals surface area (Å²) in [6, 6.07) is 5.96. The van der Waals surface area contributed by atoms with Crippen molar-refractivity contribution in [3.05, 3.63) is 34.7 Å². The number of rotatable bonds is 4. The second-order valence-electron chi connectivity index (χ2n) is 5.44. The molecule has 0 amide bonds. The van der Waals surface area contributed by atoms with Gasteiger partial charge in [-0.1, -0.05) is 0 Å². The fourth-order valence-electron chi connectivity index (χ4n) is 1.65. The quantitative estimate of drug-likeness (QED) is 0.658. The van der Waals surface area contributed by atoms with Gasteiger partial charge in [0.1, 0.15) is 11.2 Å². The van der Waals surface area contributed by atoms with E-state index in [1.54, 1.807) is 12.1 Å². The van der Waals surface area contributed by atoms with Crippen LogP contribution in [0.5, 0.6) is 11.5 Å². The first-order chi connectivity index (χ1) is 9.64. The first kappa shape index (κ1) is 15.3. The summed E-state index contributed by atoms with van der Waals surface area (Å²) in [6.07, 6.45) is 0. The molecule has 0 radical (unpaired) electrons. The number of aliphatic hydroxyl groups is 2. The van der Waals surface area contributed by atoms with E-state index >= 15 is 0 Å². The highest BCUT2D eigenvalue weighted by Gasteiger charge is 2.40. The zero-order chi connectivity index (χ0) is 15.8. The number of hydrogen-bond acceptors (Lipinski definition) is 6. The maximum atomic E-state index is 11.3. The third-order valence-corrected chi connectivity index (χ3v) is 3.35. The van der Waals surface area contributed by atoms with Crippen LogP contribution < -0.4 is 15.1 Å². The zero-order valence-electron chi connectivity index (χ0n) is 12.3. The molecule has 21 heavy (non-hydrogen) atoms. The zero-order valence-corrected chi connectivity index (χ0v) is 12.3. The summed E-state index contributed by atoms with van der Waals surface area (Å²) in [7, 11) is 1.45. The minimum atomic E-state index is -1.86. The largest absolute Gasteiger partial charge is 0.493 e. The SMILES string of the molecule is COc1cc2ccc(=O)oc2cc1O[C@@](C)(O)C(C)(C)O. The van der Waals surface area contributed by atoms with E-state index in [0.717, 1.165) is 0 Å². The van der Waals surface area contributed by atoms with E-state index in [9.17, 15) is 15.0 Å². The van der Waals surface area contributed by atoms with Gasteiger partial charge in [-0.15, -0.1) is 0 Å². The Hall–Kier alpha value is -2.05. The Bertz CT molecular complexity index is 708. The highest BCUT2D eigenvalue weighted by molar-refractivity contribution is 5.80. The molecule has 0 aliphatic heterocycles. The van der Waals surface area contributed by atoms with Gasteiger partial charge in [-0.25, -0.2) is 4.79 Å².